The van der Waals surface area contributed by atoms with Crippen molar-refractivity contribution in [1.82, 2.24) is 4.90 Å². The van der Waals surface area contributed by atoms with Crippen LogP contribution in [0.15, 0.2) is 50.2 Å². The number of phenolic OH excluding ortho intramolecular Hbond substituents is 1. The van der Waals surface area contributed by atoms with Gasteiger partial charge in [-0.15, -0.1) is 0 Å². The maximum Gasteiger partial charge on any atom is 0.266 e. The third-order valence-corrected chi connectivity index (χ3v) is 7.28. The van der Waals surface area contributed by atoms with E-state index in [-0.39, 0.29) is 17.6 Å². The van der Waals surface area contributed by atoms with Crippen LogP contribution in [0.3, 0.4) is 0 Å². The van der Waals surface area contributed by atoms with E-state index in [9.17, 15) is 14.7 Å². The van der Waals surface area contributed by atoms with Crippen LogP contribution in [0.25, 0.3) is 6.08 Å². The number of phenols is 1. The van der Waals surface area contributed by atoms with Crippen LogP contribution in [0.5, 0.6) is 5.75 Å². The molecule has 0 spiro atoms. The van der Waals surface area contributed by atoms with Gasteiger partial charge in [-0.1, -0.05) is 64.0 Å². The third-order valence-electron chi connectivity index (χ3n) is 4.84. The van der Waals surface area contributed by atoms with E-state index >= 15 is 0 Å². The van der Waals surface area contributed by atoms with E-state index in [1.165, 1.54) is 11.8 Å². The summed E-state index contributed by atoms with van der Waals surface area (Å²) in [5.74, 6) is -0.0996. The zero-order valence-electron chi connectivity index (χ0n) is 17.4. The number of rotatable bonds is 8. The first-order chi connectivity index (χ1) is 15.2. The number of unbranched alkanes of at least 4 members (excludes halogenated alkanes) is 2. The predicted molar refractivity (Wildman–Crippen MR) is 142 cm³/mol. The Balaban J connectivity index is 1.47. The Morgan fingerprint density at radius 1 is 1.19 bits per heavy atom. The van der Waals surface area contributed by atoms with E-state index in [2.05, 4.69) is 37.2 Å². The number of benzene rings is 2. The van der Waals surface area contributed by atoms with Crippen molar-refractivity contribution in [2.24, 2.45) is 0 Å². The van der Waals surface area contributed by atoms with Crippen molar-refractivity contribution in [2.45, 2.75) is 32.6 Å². The second kappa shape index (κ2) is 11.4. The number of carbonyl (C=O) groups is 2. The first-order valence-corrected chi connectivity index (χ1v) is 12.9. The number of anilines is 1. The molecule has 0 radical (unpaired) electrons. The molecule has 0 aliphatic carbocycles. The molecule has 0 atom stereocenters. The molecule has 0 bridgehead atoms. The fourth-order valence-electron chi connectivity index (χ4n) is 3.12. The first-order valence-electron chi connectivity index (χ1n) is 10.0. The van der Waals surface area contributed by atoms with Gasteiger partial charge < -0.3 is 10.4 Å². The highest BCUT2D eigenvalue weighted by atomic mass is 79.9. The van der Waals surface area contributed by atoms with Crippen LogP contribution in [-0.4, -0.2) is 32.7 Å². The molecule has 1 aliphatic heterocycles. The number of nitrogens with one attached hydrogen (secondary N) is 1. The maximum atomic E-state index is 12.8. The number of halogens is 2. The Morgan fingerprint density at radius 3 is 2.62 bits per heavy atom. The molecule has 2 aromatic carbocycles. The van der Waals surface area contributed by atoms with Gasteiger partial charge in [0, 0.05) is 28.7 Å². The molecule has 3 rings (SSSR count). The molecule has 2 aromatic rings. The maximum absolute atomic E-state index is 12.8. The zero-order valence-corrected chi connectivity index (χ0v) is 22.2. The molecule has 0 saturated carbocycles. The number of hydrogen-bond acceptors (Lipinski definition) is 5. The highest BCUT2D eigenvalue weighted by Crippen LogP contribution is 2.37. The summed E-state index contributed by atoms with van der Waals surface area (Å²) in [6, 6.07) is 11.2. The molecule has 1 heterocycles. The first kappa shape index (κ1) is 25.0. The molecule has 1 saturated heterocycles. The van der Waals surface area contributed by atoms with Gasteiger partial charge >= 0.3 is 0 Å². The number of amides is 2. The summed E-state index contributed by atoms with van der Waals surface area (Å²) in [6.07, 6.45) is 4.40. The van der Waals surface area contributed by atoms with Gasteiger partial charge in [0.1, 0.15) is 10.1 Å². The van der Waals surface area contributed by atoms with Crippen LogP contribution in [0.4, 0.5) is 5.69 Å². The Bertz CT molecular complexity index is 1070. The normalized spacial score (nSPS) is 15.0. The van der Waals surface area contributed by atoms with E-state index in [1.54, 1.807) is 23.1 Å². The lowest BCUT2D eigenvalue weighted by Gasteiger charge is -2.14. The van der Waals surface area contributed by atoms with E-state index in [1.807, 2.05) is 31.2 Å². The van der Waals surface area contributed by atoms with Crippen LogP contribution in [0.2, 0.25) is 0 Å². The number of thioether (sulfide) groups is 1. The van der Waals surface area contributed by atoms with Gasteiger partial charge in [0.15, 0.2) is 0 Å². The minimum Gasteiger partial charge on any atom is -0.506 e. The van der Waals surface area contributed by atoms with Gasteiger partial charge in [0.05, 0.1) is 9.38 Å². The lowest BCUT2D eigenvalue weighted by Crippen LogP contribution is -2.29. The fraction of sp³-hybridized carbons (Fsp3) is 0.261. The van der Waals surface area contributed by atoms with Crippen molar-refractivity contribution in [1.29, 1.82) is 0 Å². The van der Waals surface area contributed by atoms with E-state index in [0.717, 1.165) is 35.0 Å². The van der Waals surface area contributed by atoms with Crippen molar-refractivity contribution in [2.75, 3.05) is 11.9 Å². The SMILES string of the molecule is Cc1ccc(NC(=O)CCCCCN2C(=O)/C(=C/c3cc(Br)cc(Br)c3O)SC2=S)cc1. The highest BCUT2D eigenvalue weighted by Gasteiger charge is 2.31. The van der Waals surface area contributed by atoms with Crippen molar-refractivity contribution in [3.05, 3.63) is 61.4 Å². The van der Waals surface area contributed by atoms with Gasteiger partial charge in [0.25, 0.3) is 5.91 Å². The Hall–Kier alpha value is -1.68. The number of thiocarbonyl (C=S) groups is 1. The average molecular weight is 598 g/mol. The molecular weight excluding hydrogens is 576 g/mol. The minimum atomic E-state index is -0.160. The van der Waals surface area contributed by atoms with Crippen molar-refractivity contribution in [3.8, 4) is 5.75 Å². The van der Waals surface area contributed by atoms with Crippen LogP contribution in [0, 0.1) is 6.92 Å². The predicted octanol–water partition coefficient (Wildman–Crippen LogP) is 6.63. The van der Waals surface area contributed by atoms with Crippen LogP contribution < -0.4 is 5.32 Å². The molecule has 168 valence electrons. The second-order valence-electron chi connectivity index (χ2n) is 7.38. The highest BCUT2D eigenvalue weighted by molar-refractivity contribution is 9.11. The Kier molecular flexibility index (Phi) is 8.93. The van der Waals surface area contributed by atoms with Crippen molar-refractivity contribution < 1.29 is 14.7 Å². The standard InChI is InChI=1S/C23H22Br2N2O3S2/c1-14-6-8-17(9-7-14)26-20(28)5-3-2-4-10-27-22(30)19(32-23(27)31)12-15-11-16(24)13-18(25)21(15)29/h6-9,11-13,29H,2-5,10H2,1H3,(H,26,28)/b19-12-. The topological polar surface area (TPSA) is 69.6 Å². The molecule has 1 aliphatic rings. The van der Waals surface area contributed by atoms with Gasteiger partial charge in [-0.25, -0.2) is 0 Å². The molecule has 2 amide bonds. The Labute approximate surface area is 213 Å². The van der Waals surface area contributed by atoms with Gasteiger partial charge in [-0.2, -0.15) is 0 Å². The number of hydrogen-bond donors (Lipinski definition) is 2. The van der Waals surface area contributed by atoms with Crippen molar-refractivity contribution >= 4 is 83.7 Å². The summed E-state index contributed by atoms with van der Waals surface area (Å²) in [6.45, 7) is 2.51. The van der Waals surface area contributed by atoms with Gasteiger partial charge in [0.2, 0.25) is 5.91 Å². The fourth-order valence-corrected chi connectivity index (χ4v) is 5.68. The van der Waals surface area contributed by atoms with E-state index in [0.29, 0.717) is 32.2 Å². The largest absolute Gasteiger partial charge is 0.506 e. The molecule has 1 fully saturated rings. The number of nitrogens with zero attached hydrogens (tertiary/aromatic N) is 1. The molecular formula is C23H22Br2N2O3S2. The van der Waals surface area contributed by atoms with Gasteiger partial charge in [-0.05, 0) is 66.0 Å². The molecule has 2 N–H and O–H groups in total. The minimum absolute atomic E-state index is 0.0117. The third kappa shape index (κ3) is 6.66. The average Bonchev–Trinajstić information content (AvgIpc) is 3.00. The second-order valence-corrected chi connectivity index (χ2v) is 10.8. The summed E-state index contributed by atoms with van der Waals surface area (Å²) in [4.78, 5) is 26.9. The summed E-state index contributed by atoms with van der Waals surface area (Å²) in [5.41, 5.74) is 2.48. The van der Waals surface area contributed by atoms with Crippen LogP contribution >= 0.6 is 55.8 Å². The molecule has 0 unspecified atom stereocenters. The Morgan fingerprint density at radius 2 is 1.91 bits per heavy atom. The summed E-state index contributed by atoms with van der Waals surface area (Å²) in [7, 11) is 0. The summed E-state index contributed by atoms with van der Waals surface area (Å²) in [5, 5.41) is 13.1. The number of carbonyl (C=O) groups excluding carboxylic acids is 2. The van der Waals surface area contributed by atoms with E-state index < -0.39 is 0 Å². The summed E-state index contributed by atoms with van der Waals surface area (Å²) >= 11 is 13.3. The van der Waals surface area contributed by atoms with Gasteiger partial charge in [-0.3, -0.25) is 14.5 Å². The molecule has 9 heteroatoms. The molecule has 32 heavy (non-hydrogen) atoms. The quantitative estimate of drug-likeness (QED) is 0.203. The number of aromatic hydroxyl groups is 1. The zero-order chi connectivity index (χ0) is 23.3. The van der Waals surface area contributed by atoms with E-state index in [4.69, 9.17) is 12.2 Å². The van der Waals surface area contributed by atoms with Crippen LogP contribution in [0.1, 0.15) is 36.8 Å². The lowest BCUT2D eigenvalue weighted by atomic mass is 10.1. The number of aryl methyl sites for hydroxylation is 1. The smallest absolute Gasteiger partial charge is 0.266 e. The van der Waals surface area contributed by atoms with Crippen molar-refractivity contribution in [3.63, 3.8) is 0 Å². The lowest BCUT2D eigenvalue weighted by molar-refractivity contribution is -0.122. The molecule has 5 nitrogen and oxygen atoms in total. The molecule has 0 aromatic heterocycles. The van der Waals surface area contributed by atoms with Crippen LogP contribution in [-0.2, 0) is 9.59 Å². The summed E-state index contributed by atoms with van der Waals surface area (Å²) < 4.78 is 1.84. The monoisotopic (exact) mass is 596 g/mol.